The van der Waals surface area contributed by atoms with Crippen LogP contribution in [0.15, 0.2) is 65.6 Å². The number of fused-ring (bicyclic) bond motifs is 1. The van der Waals surface area contributed by atoms with E-state index in [1.807, 2.05) is 0 Å². The van der Waals surface area contributed by atoms with E-state index in [9.17, 15) is 18.0 Å². The standard InChI is InChI=1S/C18H15N3O5S/c19-18(24)20-15-7-3-13-10-16(8-4-12(13)9-15)27(25,26)21-14-5-1-11(2-6-14)17(22)23/h1-10,21H,(H,22,23)(H3,19,20,24). The van der Waals surface area contributed by atoms with Crippen LogP contribution in [0.4, 0.5) is 16.2 Å². The third-order valence-electron chi connectivity index (χ3n) is 3.77. The Morgan fingerprint density at radius 3 is 2.07 bits per heavy atom. The first-order valence-corrected chi connectivity index (χ1v) is 9.19. The summed E-state index contributed by atoms with van der Waals surface area (Å²) in [7, 11) is -3.85. The van der Waals surface area contributed by atoms with Crippen LogP contribution in [0.1, 0.15) is 10.4 Å². The highest BCUT2D eigenvalue weighted by molar-refractivity contribution is 7.92. The molecule has 0 saturated carbocycles. The van der Waals surface area contributed by atoms with Gasteiger partial charge in [0.1, 0.15) is 0 Å². The molecule has 27 heavy (non-hydrogen) atoms. The number of nitrogens with two attached hydrogens (primary N) is 1. The molecule has 0 bridgehead atoms. The van der Waals surface area contributed by atoms with Gasteiger partial charge in [-0.3, -0.25) is 4.72 Å². The maximum atomic E-state index is 12.6. The molecule has 0 heterocycles. The Morgan fingerprint density at radius 1 is 0.852 bits per heavy atom. The zero-order valence-corrected chi connectivity index (χ0v) is 14.7. The summed E-state index contributed by atoms with van der Waals surface area (Å²) < 4.78 is 27.6. The predicted molar refractivity (Wildman–Crippen MR) is 101 cm³/mol. The Hall–Kier alpha value is -3.59. The molecule has 0 fully saturated rings. The number of anilines is 2. The summed E-state index contributed by atoms with van der Waals surface area (Å²) in [4.78, 5) is 21.8. The molecule has 5 N–H and O–H groups in total. The summed E-state index contributed by atoms with van der Waals surface area (Å²) in [6.45, 7) is 0. The third-order valence-corrected chi connectivity index (χ3v) is 5.15. The molecule has 3 aromatic carbocycles. The molecule has 0 atom stereocenters. The normalized spacial score (nSPS) is 11.1. The van der Waals surface area contributed by atoms with Gasteiger partial charge in [-0.05, 0) is 59.3 Å². The lowest BCUT2D eigenvalue weighted by molar-refractivity contribution is 0.0697. The molecule has 0 unspecified atom stereocenters. The second-order valence-corrected chi connectivity index (χ2v) is 7.38. The predicted octanol–water partition coefficient (Wildman–Crippen LogP) is 2.83. The van der Waals surface area contributed by atoms with Crippen molar-refractivity contribution in [3.63, 3.8) is 0 Å². The van der Waals surface area contributed by atoms with Gasteiger partial charge in [-0.1, -0.05) is 12.1 Å². The van der Waals surface area contributed by atoms with E-state index >= 15 is 0 Å². The first-order valence-electron chi connectivity index (χ1n) is 7.71. The van der Waals surface area contributed by atoms with E-state index in [0.29, 0.717) is 11.1 Å². The summed E-state index contributed by atoms with van der Waals surface area (Å²) in [5.74, 6) is -1.09. The maximum Gasteiger partial charge on any atom is 0.335 e. The van der Waals surface area contributed by atoms with Gasteiger partial charge in [0.25, 0.3) is 10.0 Å². The number of benzene rings is 3. The minimum atomic E-state index is -3.85. The number of sulfonamides is 1. The molecule has 3 rings (SSSR count). The molecule has 3 aromatic rings. The van der Waals surface area contributed by atoms with E-state index in [4.69, 9.17) is 10.8 Å². The van der Waals surface area contributed by atoms with Crippen LogP contribution in [-0.4, -0.2) is 25.5 Å². The smallest absolute Gasteiger partial charge is 0.335 e. The Balaban J connectivity index is 1.88. The van der Waals surface area contributed by atoms with Crippen LogP contribution in [-0.2, 0) is 10.0 Å². The van der Waals surface area contributed by atoms with Crippen molar-refractivity contribution in [3.05, 3.63) is 66.2 Å². The monoisotopic (exact) mass is 385 g/mol. The van der Waals surface area contributed by atoms with Crippen LogP contribution >= 0.6 is 0 Å². The van der Waals surface area contributed by atoms with Gasteiger partial charge < -0.3 is 16.2 Å². The molecule has 138 valence electrons. The topological polar surface area (TPSA) is 139 Å². The van der Waals surface area contributed by atoms with Crippen molar-refractivity contribution in [3.8, 4) is 0 Å². The minimum absolute atomic E-state index is 0.0490. The molecule has 0 spiro atoms. The summed E-state index contributed by atoms with van der Waals surface area (Å²) in [6.07, 6.45) is 0. The second kappa shape index (κ2) is 6.96. The molecular formula is C18H15N3O5S. The van der Waals surface area contributed by atoms with Gasteiger partial charge in [0, 0.05) is 11.4 Å². The first-order chi connectivity index (χ1) is 12.7. The molecule has 0 saturated heterocycles. The van der Waals surface area contributed by atoms with Crippen molar-refractivity contribution >= 4 is 44.2 Å². The summed E-state index contributed by atoms with van der Waals surface area (Å²) in [5, 5.41) is 12.7. The van der Waals surface area contributed by atoms with Crippen molar-refractivity contribution in [1.29, 1.82) is 0 Å². The van der Waals surface area contributed by atoms with E-state index in [-0.39, 0.29) is 16.1 Å². The van der Waals surface area contributed by atoms with Gasteiger partial charge >= 0.3 is 12.0 Å². The fraction of sp³-hybridized carbons (Fsp3) is 0. The van der Waals surface area contributed by atoms with E-state index < -0.39 is 22.0 Å². The highest BCUT2D eigenvalue weighted by Gasteiger charge is 2.15. The van der Waals surface area contributed by atoms with E-state index in [1.165, 1.54) is 36.4 Å². The molecule has 2 amide bonds. The van der Waals surface area contributed by atoms with Crippen LogP contribution in [0, 0.1) is 0 Å². The number of carboxylic acids is 1. The molecular weight excluding hydrogens is 370 g/mol. The summed E-state index contributed by atoms with van der Waals surface area (Å²) in [5.41, 5.74) is 5.89. The van der Waals surface area contributed by atoms with Crippen LogP contribution in [0.25, 0.3) is 10.8 Å². The number of nitrogens with one attached hydrogen (secondary N) is 2. The first kappa shape index (κ1) is 18.2. The largest absolute Gasteiger partial charge is 0.478 e. The van der Waals surface area contributed by atoms with Crippen LogP contribution in [0.5, 0.6) is 0 Å². The summed E-state index contributed by atoms with van der Waals surface area (Å²) >= 11 is 0. The number of aromatic carboxylic acids is 1. The average molecular weight is 385 g/mol. The number of hydrogen-bond donors (Lipinski definition) is 4. The van der Waals surface area contributed by atoms with E-state index in [0.717, 1.165) is 5.39 Å². The Labute approximate surface area is 154 Å². The highest BCUT2D eigenvalue weighted by Crippen LogP contribution is 2.24. The molecule has 0 aromatic heterocycles. The number of primary amides is 1. The number of carbonyl (C=O) groups is 2. The Kier molecular flexibility index (Phi) is 4.70. The lowest BCUT2D eigenvalue weighted by atomic mass is 10.1. The quantitative estimate of drug-likeness (QED) is 0.535. The Bertz CT molecular complexity index is 1140. The lowest BCUT2D eigenvalue weighted by Crippen LogP contribution is -2.19. The SMILES string of the molecule is NC(=O)Nc1ccc2cc(S(=O)(=O)Nc3ccc(C(=O)O)cc3)ccc2c1. The van der Waals surface area contributed by atoms with Crippen molar-refractivity contribution in [2.24, 2.45) is 5.73 Å². The van der Waals surface area contributed by atoms with Crippen molar-refractivity contribution in [2.75, 3.05) is 10.0 Å². The van der Waals surface area contributed by atoms with Crippen molar-refractivity contribution in [1.82, 2.24) is 0 Å². The number of amides is 2. The van der Waals surface area contributed by atoms with Gasteiger partial charge in [-0.25, -0.2) is 18.0 Å². The zero-order chi connectivity index (χ0) is 19.6. The van der Waals surface area contributed by atoms with E-state index in [1.54, 1.807) is 24.3 Å². The highest BCUT2D eigenvalue weighted by atomic mass is 32.2. The van der Waals surface area contributed by atoms with Crippen LogP contribution in [0.2, 0.25) is 0 Å². The van der Waals surface area contributed by atoms with Crippen molar-refractivity contribution in [2.45, 2.75) is 4.90 Å². The van der Waals surface area contributed by atoms with E-state index in [2.05, 4.69) is 10.0 Å². The number of hydrogen-bond acceptors (Lipinski definition) is 4. The maximum absolute atomic E-state index is 12.6. The second-order valence-electron chi connectivity index (χ2n) is 5.70. The number of carbonyl (C=O) groups excluding carboxylic acids is 1. The minimum Gasteiger partial charge on any atom is -0.478 e. The molecule has 9 heteroatoms. The van der Waals surface area contributed by atoms with Gasteiger partial charge in [0.15, 0.2) is 0 Å². The van der Waals surface area contributed by atoms with Gasteiger partial charge in [0.2, 0.25) is 0 Å². The molecule has 8 nitrogen and oxygen atoms in total. The van der Waals surface area contributed by atoms with Gasteiger partial charge in [-0.15, -0.1) is 0 Å². The van der Waals surface area contributed by atoms with Crippen LogP contribution in [0.3, 0.4) is 0 Å². The van der Waals surface area contributed by atoms with Gasteiger partial charge in [-0.2, -0.15) is 0 Å². The Morgan fingerprint density at radius 2 is 1.44 bits per heavy atom. The zero-order valence-electron chi connectivity index (χ0n) is 13.8. The number of rotatable bonds is 5. The van der Waals surface area contributed by atoms with Crippen molar-refractivity contribution < 1.29 is 23.1 Å². The number of urea groups is 1. The lowest BCUT2D eigenvalue weighted by Gasteiger charge is -2.10. The molecule has 0 radical (unpaired) electrons. The summed E-state index contributed by atoms with van der Waals surface area (Å²) in [6, 6.07) is 14.2. The fourth-order valence-corrected chi connectivity index (χ4v) is 3.60. The molecule has 0 aliphatic rings. The molecule has 0 aliphatic carbocycles. The fourth-order valence-electron chi connectivity index (χ4n) is 2.51. The number of carboxylic acid groups (broad SMARTS) is 1. The van der Waals surface area contributed by atoms with Gasteiger partial charge in [0.05, 0.1) is 10.5 Å². The molecule has 0 aliphatic heterocycles. The van der Waals surface area contributed by atoms with Crippen LogP contribution < -0.4 is 15.8 Å². The average Bonchev–Trinajstić information content (AvgIpc) is 2.60. The third kappa shape index (κ3) is 4.15.